The molecule has 136 valence electrons. The minimum absolute atomic E-state index is 0.0494. The largest absolute Gasteiger partial charge is 0.416 e. The molecule has 0 saturated heterocycles. The van der Waals surface area contributed by atoms with Crippen molar-refractivity contribution >= 4 is 22.7 Å². The number of halogens is 4. The van der Waals surface area contributed by atoms with E-state index in [0.717, 1.165) is 12.1 Å². The van der Waals surface area contributed by atoms with Crippen molar-refractivity contribution < 1.29 is 17.6 Å². The fourth-order valence-corrected chi connectivity index (χ4v) is 2.62. The first-order valence-electron chi connectivity index (χ1n) is 7.80. The van der Waals surface area contributed by atoms with Crippen LogP contribution >= 0.6 is 0 Å². The third-order valence-electron chi connectivity index (χ3n) is 3.89. The molecule has 0 amide bonds. The molecule has 0 aliphatic heterocycles. The number of rotatable bonds is 3. The van der Waals surface area contributed by atoms with Gasteiger partial charge >= 0.3 is 6.18 Å². The molecule has 0 aliphatic rings. The highest BCUT2D eigenvalue weighted by molar-refractivity contribution is 5.81. The van der Waals surface area contributed by atoms with E-state index in [9.17, 15) is 17.6 Å². The number of anilines is 2. The molecule has 0 saturated carbocycles. The molecule has 4 aromatic rings. The minimum Gasteiger partial charge on any atom is -0.345 e. The number of alkyl halides is 3. The summed E-state index contributed by atoms with van der Waals surface area (Å²) in [6, 6.07) is 9.01. The first kappa shape index (κ1) is 17.0. The molecule has 0 atom stereocenters. The first-order chi connectivity index (χ1) is 12.9. The molecular weight excluding hydrogens is 362 g/mol. The average Bonchev–Trinajstić information content (AvgIpc) is 3.08. The van der Waals surface area contributed by atoms with Crippen LogP contribution < -0.4 is 5.32 Å². The molecule has 9 heteroatoms. The Morgan fingerprint density at radius 3 is 2.67 bits per heavy atom. The Balaban J connectivity index is 1.67. The van der Waals surface area contributed by atoms with Crippen LogP contribution in [0.4, 0.5) is 29.2 Å². The Labute approximate surface area is 150 Å². The third-order valence-corrected chi connectivity index (χ3v) is 3.89. The molecule has 4 rings (SSSR count). The molecule has 0 aliphatic carbocycles. The van der Waals surface area contributed by atoms with Gasteiger partial charge in [-0.15, -0.1) is 0 Å². The highest BCUT2D eigenvalue weighted by atomic mass is 19.4. The van der Waals surface area contributed by atoms with Crippen molar-refractivity contribution in [3.05, 3.63) is 66.4 Å². The minimum atomic E-state index is -4.46. The second-order valence-corrected chi connectivity index (χ2v) is 5.72. The molecule has 2 aromatic heterocycles. The maximum atomic E-state index is 14.4. The maximum absolute atomic E-state index is 14.4. The average molecular weight is 373 g/mol. The van der Waals surface area contributed by atoms with Gasteiger partial charge in [-0.2, -0.15) is 13.2 Å². The molecule has 2 heterocycles. The topological polar surface area (TPSA) is 66.5 Å². The molecule has 0 unspecified atom stereocenters. The standard InChI is InChI=1S/C18H11F4N5/c19-13-8-16-15(24-9-25-16)7-12(13)14-4-5-23-17(27-14)26-11-3-1-2-10(6-11)18(20,21)22/h1-9H,(H,24,25)(H,23,26,27). The van der Waals surface area contributed by atoms with E-state index in [2.05, 4.69) is 25.3 Å². The van der Waals surface area contributed by atoms with Gasteiger partial charge in [0, 0.05) is 23.5 Å². The van der Waals surface area contributed by atoms with Crippen LogP contribution in [0.1, 0.15) is 5.56 Å². The van der Waals surface area contributed by atoms with Gasteiger partial charge in [0.25, 0.3) is 0 Å². The predicted octanol–water partition coefficient (Wildman–Crippen LogP) is 4.92. The summed E-state index contributed by atoms with van der Waals surface area (Å²) in [6.07, 6.45) is -1.61. The summed E-state index contributed by atoms with van der Waals surface area (Å²) in [5.74, 6) is -0.455. The Morgan fingerprint density at radius 1 is 1.00 bits per heavy atom. The molecule has 0 bridgehead atoms. The van der Waals surface area contributed by atoms with Gasteiger partial charge < -0.3 is 10.3 Å². The van der Waals surface area contributed by atoms with Crippen LogP contribution in [-0.4, -0.2) is 19.9 Å². The summed E-state index contributed by atoms with van der Waals surface area (Å²) >= 11 is 0. The monoisotopic (exact) mass is 373 g/mol. The van der Waals surface area contributed by atoms with Crippen molar-refractivity contribution in [1.29, 1.82) is 0 Å². The van der Waals surface area contributed by atoms with E-state index in [-0.39, 0.29) is 22.9 Å². The van der Waals surface area contributed by atoms with Gasteiger partial charge in [0.1, 0.15) is 5.82 Å². The van der Waals surface area contributed by atoms with Crippen LogP contribution in [0.15, 0.2) is 55.0 Å². The summed E-state index contributed by atoms with van der Waals surface area (Å²) < 4.78 is 52.9. The molecule has 0 spiro atoms. The van der Waals surface area contributed by atoms with Gasteiger partial charge in [-0.1, -0.05) is 6.07 Å². The lowest BCUT2D eigenvalue weighted by atomic mass is 10.1. The number of hydrogen-bond donors (Lipinski definition) is 2. The molecule has 2 N–H and O–H groups in total. The zero-order valence-electron chi connectivity index (χ0n) is 13.5. The number of hydrogen-bond acceptors (Lipinski definition) is 4. The van der Waals surface area contributed by atoms with Gasteiger partial charge in [-0.3, -0.25) is 0 Å². The van der Waals surface area contributed by atoms with E-state index in [1.807, 2.05) is 0 Å². The SMILES string of the molecule is Fc1cc2[nH]cnc2cc1-c1ccnc(Nc2cccc(C(F)(F)F)c2)n1. The van der Waals surface area contributed by atoms with E-state index in [4.69, 9.17) is 0 Å². The Kier molecular flexibility index (Phi) is 3.98. The quantitative estimate of drug-likeness (QED) is 0.500. The fourth-order valence-electron chi connectivity index (χ4n) is 2.62. The van der Waals surface area contributed by atoms with Crippen LogP contribution in [0.3, 0.4) is 0 Å². The lowest BCUT2D eigenvalue weighted by Crippen LogP contribution is -2.05. The van der Waals surface area contributed by atoms with Gasteiger partial charge in [-0.25, -0.2) is 19.3 Å². The molecular formula is C18H11F4N5. The third kappa shape index (κ3) is 3.43. The van der Waals surface area contributed by atoms with Crippen molar-refractivity contribution in [3.63, 3.8) is 0 Å². The summed E-state index contributed by atoms with van der Waals surface area (Å²) in [6.45, 7) is 0. The highest BCUT2D eigenvalue weighted by Crippen LogP contribution is 2.31. The van der Waals surface area contributed by atoms with Gasteiger partial charge in [0.15, 0.2) is 0 Å². The van der Waals surface area contributed by atoms with Crippen LogP contribution in [0.25, 0.3) is 22.3 Å². The second kappa shape index (κ2) is 6.35. The van der Waals surface area contributed by atoms with Gasteiger partial charge in [-0.05, 0) is 30.3 Å². The molecule has 0 fully saturated rings. The zero-order valence-corrected chi connectivity index (χ0v) is 13.5. The lowest BCUT2D eigenvalue weighted by molar-refractivity contribution is -0.137. The summed E-state index contributed by atoms with van der Waals surface area (Å²) in [5.41, 5.74) is 0.986. The van der Waals surface area contributed by atoms with Gasteiger partial charge in [0.2, 0.25) is 5.95 Å². The number of nitrogens with one attached hydrogen (secondary N) is 2. The Bertz CT molecular complexity index is 1120. The first-order valence-corrected chi connectivity index (χ1v) is 7.80. The predicted molar refractivity (Wildman–Crippen MR) is 91.8 cm³/mol. The summed E-state index contributed by atoms with van der Waals surface area (Å²) in [5, 5.41) is 2.71. The van der Waals surface area contributed by atoms with Crippen LogP contribution in [0.5, 0.6) is 0 Å². The smallest absolute Gasteiger partial charge is 0.345 e. The number of imidazole rings is 1. The number of benzene rings is 2. The van der Waals surface area contributed by atoms with Gasteiger partial charge in [0.05, 0.1) is 28.6 Å². The van der Waals surface area contributed by atoms with Crippen LogP contribution in [0, 0.1) is 5.82 Å². The van der Waals surface area contributed by atoms with E-state index in [0.29, 0.717) is 11.0 Å². The Morgan fingerprint density at radius 2 is 1.85 bits per heavy atom. The highest BCUT2D eigenvalue weighted by Gasteiger charge is 2.30. The number of aromatic nitrogens is 4. The van der Waals surface area contributed by atoms with Crippen LogP contribution in [0.2, 0.25) is 0 Å². The van der Waals surface area contributed by atoms with Crippen LogP contribution in [-0.2, 0) is 6.18 Å². The second-order valence-electron chi connectivity index (χ2n) is 5.72. The lowest BCUT2D eigenvalue weighted by Gasteiger charge is -2.10. The van der Waals surface area contributed by atoms with E-state index in [1.165, 1.54) is 42.9 Å². The fraction of sp³-hybridized carbons (Fsp3) is 0.0556. The van der Waals surface area contributed by atoms with E-state index >= 15 is 0 Å². The summed E-state index contributed by atoms with van der Waals surface area (Å²) in [4.78, 5) is 15.1. The molecule has 27 heavy (non-hydrogen) atoms. The molecule has 2 aromatic carbocycles. The number of aromatic amines is 1. The zero-order chi connectivity index (χ0) is 19.0. The normalized spacial score (nSPS) is 11.7. The molecule has 5 nitrogen and oxygen atoms in total. The molecule has 0 radical (unpaired) electrons. The van der Waals surface area contributed by atoms with Crippen molar-refractivity contribution in [2.24, 2.45) is 0 Å². The Hall–Kier alpha value is -3.49. The van der Waals surface area contributed by atoms with E-state index in [1.54, 1.807) is 0 Å². The maximum Gasteiger partial charge on any atom is 0.416 e. The van der Waals surface area contributed by atoms with E-state index < -0.39 is 17.6 Å². The summed E-state index contributed by atoms with van der Waals surface area (Å²) in [7, 11) is 0. The number of H-pyrrole nitrogens is 1. The van der Waals surface area contributed by atoms with Crippen molar-refractivity contribution in [2.75, 3.05) is 5.32 Å². The van der Waals surface area contributed by atoms with Crippen molar-refractivity contribution in [3.8, 4) is 11.3 Å². The number of nitrogens with zero attached hydrogens (tertiary/aromatic N) is 3. The number of fused-ring (bicyclic) bond motifs is 1. The van der Waals surface area contributed by atoms with Crippen molar-refractivity contribution in [2.45, 2.75) is 6.18 Å². The van der Waals surface area contributed by atoms with Crippen molar-refractivity contribution in [1.82, 2.24) is 19.9 Å².